The number of halogens is 1. The summed E-state index contributed by atoms with van der Waals surface area (Å²) >= 11 is 0. The van der Waals surface area contributed by atoms with Gasteiger partial charge < -0.3 is 11.1 Å². The van der Waals surface area contributed by atoms with Crippen LogP contribution < -0.4 is 11.1 Å². The van der Waals surface area contributed by atoms with Gasteiger partial charge in [-0.1, -0.05) is 42.5 Å². The van der Waals surface area contributed by atoms with E-state index in [1.807, 2.05) is 36.4 Å². The summed E-state index contributed by atoms with van der Waals surface area (Å²) in [5.74, 6) is 0.361. The molecule has 4 nitrogen and oxygen atoms in total. The van der Waals surface area contributed by atoms with Gasteiger partial charge in [-0.05, 0) is 46.8 Å². The third kappa shape index (κ3) is 3.00. The maximum atomic E-state index is 6.17. The molecule has 4 aromatic rings. The van der Waals surface area contributed by atoms with Crippen LogP contribution in [0.2, 0.25) is 0 Å². The highest BCUT2D eigenvalue weighted by molar-refractivity contribution is 6.10. The zero-order chi connectivity index (χ0) is 17.5. The van der Waals surface area contributed by atoms with Crippen LogP contribution in [0.4, 0.5) is 11.4 Å². The van der Waals surface area contributed by atoms with Gasteiger partial charge in [-0.25, -0.2) is 4.99 Å². The monoisotopic (exact) mass is 372 g/mol. The second-order valence-electron chi connectivity index (χ2n) is 6.31. The first-order valence-corrected chi connectivity index (χ1v) is 8.48. The van der Waals surface area contributed by atoms with Crippen molar-refractivity contribution in [3.05, 3.63) is 78.0 Å². The minimum atomic E-state index is 0. The third-order valence-corrected chi connectivity index (χ3v) is 4.64. The first-order chi connectivity index (χ1) is 12.8. The Kier molecular flexibility index (Phi) is 4.26. The summed E-state index contributed by atoms with van der Waals surface area (Å²) in [6.45, 7) is 0. The van der Waals surface area contributed by atoms with Crippen LogP contribution in [0.5, 0.6) is 0 Å². The lowest BCUT2D eigenvalue weighted by molar-refractivity contribution is 1.41. The van der Waals surface area contributed by atoms with Crippen molar-refractivity contribution in [2.75, 3.05) is 5.32 Å². The molecular formula is C22H17ClN4. The Labute approximate surface area is 162 Å². The molecule has 0 atom stereocenters. The Morgan fingerprint density at radius 3 is 2.67 bits per heavy atom. The number of hydrogen-bond acceptors (Lipinski definition) is 2. The summed E-state index contributed by atoms with van der Waals surface area (Å²) in [6.07, 6.45) is 6.06. The fourth-order valence-corrected chi connectivity index (χ4v) is 3.46. The molecule has 0 saturated heterocycles. The Morgan fingerprint density at radius 1 is 0.926 bits per heavy atom. The number of pyridine rings is 1. The number of nitrogens with one attached hydrogen (secondary N) is 1. The number of hydrogen-bond donors (Lipinski definition) is 2. The molecule has 132 valence electrons. The van der Waals surface area contributed by atoms with Crippen LogP contribution in [-0.4, -0.2) is 10.9 Å². The highest BCUT2D eigenvalue weighted by Crippen LogP contribution is 2.36. The second-order valence-corrected chi connectivity index (χ2v) is 6.31. The van der Waals surface area contributed by atoms with Gasteiger partial charge >= 0.3 is 0 Å². The Hall–Kier alpha value is -3.37. The van der Waals surface area contributed by atoms with Gasteiger partial charge in [0.15, 0.2) is 5.96 Å². The number of rotatable bonds is 2. The lowest BCUT2D eigenvalue weighted by atomic mass is 10.0. The molecule has 3 aromatic carbocycles. The number of anilines is 1. The van der Waals surface area contributed by atoms with Gasteiger partial charge in [-0.3, -0.25) is 4.98 Å². The Morgan fingerprint density at radius 2 is 1.78 bits per heavy atom. The number of fused-ring (bicyclic) bond motifs is 1. The molecule has 1 heterocycles. The van der Waals surface area contributed by atoms with Crippen molar-refractivity contribution >= 4 is 63.6 Å². The third-order valence-electron chi connectivity index (χ3n) is 4.64. The number of guanidine groups is 1. The lowest BCUT2D eigenvalue weighted by Crippen LogP contribution is -2.21. The molecule has 0 unspecified atom stereocenters. The summed E-state index contributed by atoms with van der Waals surface area (Å²) in [7, 11) is 0. The average Bonchev–Trinajstić information content (AvgIpc) is 3.09. The zero-order valence-electron chi connectivity index (χ0n) is 14.4. The molecule has 0 bridgehead atoms. The molecule has 0 radical (unpaired) electrons. The van der Waals surface area contributed by atoms with Crippen LogP contribution in [0.3, 0.4) is 0 Å². The lowest BCUT2D eigenvalue weighted by Gasteiger charge is -2.09. The highest BCUT2D eigenvalue weighted by atomic mass is 35.5. The fourth-order valence-electron chi connectivity index (χ4n) is 3.46. The van der Waals surface area contributed by atoms with Crippen molar-refractivity contribution in [2.24, 2.45) is 10.7 Å². The molecule has 1 aromatic heterocycles. The quantitative estimate of drug-likeness (QED) is 0.324. The number of aliphatic imine (C=N–C) groups is 1. The molecule has 5 rings (SSSR count). The van der Waals surface area contributed by atoms with Gasteiger partial charge in [0.2, 0.25) is 0 Å². The normalized spacial score (nSPS) is 12.4. The molecule has 5 heteroatoms. The van der Waals surface area contributed by atoms with Crippen LogP contribution in [0.15, 0.2) is 71.9 Å². The van der Waals surface area contributed by atoms with E-state index in [1.165, 1.54) is 16.5 Å². The molecule has 0 fully saturated rings. The first kappa shape index (κ1) is 17.1. The first-order valence-electron chi connectivity index (χ1n) is 8.48. The van der Waals surface area contributed by atoms with E-state index in [9.17, 15) is 0 Å². The number of nitrogens with two attached hydrogens (primary N) is 1. The van der Waals surface area contributed by atoms with Crippen molar-refractivity contribution in [2.45, 2.75) is 0 Å². The van der Waals surface area contributed by atoms with Crippen molar-refractivity contribution in [3.8, 4) is 0 Å². The van der Waals surface area contributed by atoms with Crippen molar-refractivity contribution in [3.63, 3.8) is 0 Å². The number of nitrogens with zero attached hydrogens (tertiary/aromatic N) is 2. The van der Waals surface area contributed by atoms with Crippen molar-refractivity contribution in [1.82, 2.24) is 4.98 Å². The Bertz CT molecular complexity index is 1220. The standard InChI is InChI=1S/C22H16N4.ClH/c23-22(25-17-9-11-19-16(13-17)4-2-12-24-19)26-20-10-8-15-7-6-14-3-1-5-18(20)21(14)15;/h1-13H,(H3,23,25,26);1H. The molecule has 1 aliphatic carbocycles. The number of aromatic nitrogens is 1. The van der Waals surface area contributed by atoms with Crippen LogP contribution >= 0.6 is 12.4 Å². The smallest absolute Gasteiger partial charge is 0.198 e. The summed E-state index contributed by atoms with van der Waals surface area (Å²) in [5.41, 5.74) is 11.3. The van der Waals surface area contributed by atoms with Gasteiger partial charge in [0.25, 0.3) is 0 Å². The second kappa shape index (κ2) is 6.74. The number of benzene rings is 3. The van der Waals surface area contributed by atoms with Crippen LogP contribution in [0, 0.1) is 0 Å². The van der Waals surface area contributed by atoms with E-state index in [0.717, 1.165) is 27.7 Å². The van der Waals surface area contributed by atoms with Crippen LogP contribution in [0.1, 0.15) is 11.1 Å². The van der Waals surface area contributed by atoms with Crippen molar-refractivity contribution in [1.29, 1.82) is 0 Å². The van der Waals surface area contributed by atoms with Gasteiger partial charge in [-0.15, -0.1) is 12.4 Å². The van der Waals surface area contributed by atoms with E-state index in [4.69, 9.17) is 5.73 Å². The topological polar surface area (TPSA) is 63.3 Å². The fraction of sp³-hybridized carbons (Fsp3) is 0. The summed E-state index contributed by atoms with van der Waals surface area (Å²) in [6, 6.07) is 20.2. The van der Waals surface area contributed by atoms with Gasteiger partial charge in [0.1, 0.15) is 0 Å². The summed E-state index contributed by atoms with van der Waals surface area (Å²) < 4.78 is 0. The molecule has 0 aliphatic heterocycles. The Balaban J connectivity index is 0.00000180. The van der Waals surface area contributed by atoms with Crippen LogP contribution in [0.25, 0.3) is 33.8 Å². The molecular weight excluding hydrogens is 356 g/mol. The van der Waals surface area contributed by atoms with Gasteiger partial charge in [0, 0.05) is 22.7 Å². The highest BCUT2D eigenvalue weighted by Gasteiger charge is 2.11. The van der Waals surface area contributed by atoms with Gasteiger partial charge in [-0.2, -0.15) is 0 Å². The summed E-state index contributed by atoms with van der Waals surface area (Å²) in [5, 5.41) is 6.58. The maximum absolute atomic E-state index is 6.17. The predicted molar refractivity (Wildman–Crippen MR) is 117 cm³/mol. The van der Waals surface area contributed by atoms with E-state index in [0.29, 0.717) is 5.96 Å². The van der Waals surface area contributed by atoms with E-state index in [-0.39, 0.29) is 12.4 Å². The molecule has 1 aliphatic rings. The average molecular weight is 373 g/mol. The zero-order valence-corrected chi connectivity index (χ0v) is 15.2. The molecule has 3 N–H and O–H groups in total. The SMILES string of the molecule is Cl.NC(=Nc1ccc2c3c(cccc13)C=C2)Nc1ccc2ncccc2c1. The van der Waals surface area contributed by atoms with Gasteiger partial charge in [0.05, 0.1) is 11.2 Å². The summed E-state index contributed by atoms with van der Waals surface area (Å²) in [4.78, 5) is 8.94. The predicted octanol–water partition coefficient (Wildman–Crippen LogP) is 5.35. The minimum Gasteiger partial charge on any atom is -0.369 e. The maximum Gasteiger partial charge on any atom is 0.198 e. The van der Waals surface area contributed by atoms with Crippen molar-refractivity contribution < 1.29 is 0 Å². The molecule has 0 spiro atoms. The largest absolute Gasteiger partial charge is 0.369 e. The van der Waals surface area contributed by atoms with E-state index >= 15 is 0 Å². The van der Waals surface area contributed by atoms with E-state index in [1.54, 1.807) is 6.20 Å². The minimum absolute atomic E-state index is 0. The molecule has 0 amide bonds. The molecule has 0 saturated carbocycles. The van der Waals surface area contributed by atoms with E-state index < -0.39 is 0 Å². The van der Waals surface area contributed by atoms with Crippen LogP contribution in [-0.2, 0) is 0 Å². The van der Waals surface area contributed by atoms with E-state index in [2.05, 4.69) is 51.7 Å². The molecule has 27 heavy (non-hydrogen) atoms.